The first-order valence-corrected chi connectivity index (χ1v) is 7.96. The SMILES string of the molecule is O=C(NNC(=O)C1CCCCC1)c1ccc2c(c1)CCC2. The van der Waals surface area contributed by atoms with Crippen LogP contribution in [0.4, 0.5) is 0 Å². The third-order valence-electron chi connectivity index (χ3n) is 4.64. The summed E-state index contributed by atoms with van der Waals surface area (Å²) in [7, 11) is 0. The highest BCUT2D eigenvalue weighted by Crippen LogP contribution is 2.24. The molecule has 4 heteroatoms. The van der Waals surface area contributed by atoms with E-state index in [1.165, 1.54) is 24.0 Å². The molecule has 3 rings (SSSR count). The van der Waals surface area contributed by atoms with Gasteiger partial charge in [-0.25, -0.2) is 0 Å². The number of carbonyl (C=O) groups excluding carboxylic acids is 2. The number of amides is 2. The molecule has 0 spiro atoms. The number of aryl methyl sites for hydroxylation is 2. The van der Waals surface area contributed by atoms with E-state index in [4.69, 9.17) is 0 Å². The van der Waals surface area contributed by atoms with E-state index in [0.29, 0.717) is 5.56 Å². The number of hydrazine groups is 1. The largest absolute Gasteiger partial charge is 0.273 e. The zero-order valence-corrected chi connectivity index (χ0v) is 12.3. The molecule has 21 heavy (non-hydrogen) atoms. The smallest absolute Gasteiger partial charge is 0.269 e. The molecule has 0 bridgehead atoms. The average molecular weight is 286 g/mol. The molecule has 0 aliphatic heterocycles. The summed E-state index contributed by atoms with van der Waals surface area (Å²) in [5, 5.41) is 0. The number of carbonyl (C=O) groups is 2. The predicted molar refractivity (Wildman–Crippen MR) is 80.7 cm³/mol. The lowest BCUT2D eigenvalue weighted by Gasteiger charge is -2.20. The van der Waals surface area contributed by atoms with E-state index in [1.54, 1.807) is 0 Å². The molecule has 2 aliphatic carbocycles. The van der Waals surface area contributed by atoms with Crippen LogP contribution < -0.4 is 10.9 Å². The highest BCUT2D eigenvalue weighted by molar-refractivity contribution is 5.95. The van der Waals surface area contributed by atoms with Crippen molar-refractivity contribution in [3.05, 3.63) is 34.9 Å². The van der Waals surface area contributed by atoms with Gasteiger partial charge in [0.15, 0.2) is 0 Å². The molecule has 1 saturated carbocycles. The maximum atomic E-state index is 12.1. The summed E-state index contributed by atoms with van der Waals surface area (Å²) >= 11 is 0. The molecule has 2 aliphatic rings. The van der Waals surface area contributed by atoms with Gasteiger partial charge in [-0.15, -0.1) is 0 Å². The Morgan fingerprint density at radius 3 is 2.48 bits per heavy atom. The summed E-state index contributed by atoms with van der Waals surface area (Å²) in [5.74, 6) is -0.225. The summed E-state index contributed by atoms with van der Waals surface area (Å²) in [6.45, 7) is 0. The van der Waals surface area contributed by atoms with E-state index in [1.807, 2.05) is 18.2 Å². The van der Waals surface area contributed by atoms with Gasteiger partial charge in [0.25, 0.3) is 5.91 Å². The van der Waals surface area contributed by atoms with E-state index in [2.05, 4.69) is 10.9 Å². The molecule has 112 valence electrons. The molecule has 1 aromatic carbocycles. The van der Waals surface area contributed by atoms with E-state index in [-0.39, 0.29) is 17.7 Å². The number of benzene rings is 1. The third kappa shape index (κ3) is 3.26. The molecular formula is C17H22N2O2. The van der Waals surface area contributed by atoms with Crippen LogP contribution in [0.5, 0.6) is 0 Å². The van der Waals surface area contributed by atoms with Gasteiger partial charge in [-0.2, -0.15) is 0 Å². The van der Waals surface area contributed by atoms with Crippen LogP contribution in [0.25, 0.3) is 0 Å². The van der Waals surface area contributed by atoms with Crippen LogP contribution in [-0.2, 0) is 17.6 Å². The first-order valence-electron chi connectivity index (χ1n) is 7.96. The summed E-state index contributed by atoms with van der Waals surface area (Å²) in [4.78, 5) is 24.1. The van der Waals surface area contributed by atoms with Crippen molar-refractivity contribution >= 4 is 11.8 Å². The van der Waals surface area contributed by atoms with Gasteiger partial charge in [0, 0.05) is 11.5 Å². The van der Waals surface area contributed by atoms with Crippen molar-refractivity contribution in [2.45, 2.75) is 51.4 Å². The maximum absolute atomic E-state index is 12.1. The predicted octanol–water partition coefficient (Wildman–Crippen LogP) is 2.52. The van der Waals surface area contributed by atoms with Crippen molar-refractivity contribution in [3.8, 4) is 0 Å². The fourth-order valence-electron chi connectivity index (χ4n) is 3.37. The molecule has 0 unspecified atom stereocenters. The second kappa shape index (κ2) is 6.29. The molecule has 0 saturated heterocycles. The van der Waals surface area contributed by atoms with Gasteiger partial charge in [0.2, 0.25) is 5.91 Å². The minimum atomic E-state index is -0.228. The van der Waals surface area contributed by atoms with Gasteiger partial charge in [-0.05, 0) is 55.4 Å². The third-order valence-corrected chi connectivity index (χ3v) is 4.64. The summed E-state index contributed by atoms with van der Waals surface area (Å²) in [6, 6.07) is 5.82. The zero-order chi connectivity index (χ0) is 14.7. The van der Waals surface area contributed by atoms with Crippen molar-refractivity contribution in [1.29, 1.82) is 0 Å². The van der Waals surface area contributed by atoms with Gasteiger partial charge in [-0.1, -0.05) is 25.3 Å². The molecule has 0 atom stereocenters. The molecule has 0 aromatic heterocycles. The lowest BCUT2D eigenvalue weighted by Crippen LogP contribution is -2.45. The van der Waals surface area contributed by atoms with Crippen molar-refractivity contribution in [3.63, 3.8) is 0 Å². The van der Waals surface area contributed by atoms with Crippen molar-refractivity contribution in [2.75, 3.05) is 0 Å². The summed E-state index contributed by atoms with van der Waals surface area (Å²) < 4.78 is 0. The normalized spacial score (nSPS) is 18.1. The van der Waals surface area contributed by atoms with Gasteiger partial charge in [0.05, 0.1) is 0 Å². The number of hydrogen-bond acceptors (Lipinski definition) is 2. The number of rotatable bonds is 2. The standard InChI is InChI=1S/C17H22N2O2/c20-16(13-5-2-1-3-6-13)18-19-17(21)15-10-9-12-7-4-8-14(12)11-15/h9-11,13H,1-8H2,(H,18,20)(H,19,21). The summed E-state index contributed by atoms with van der Waals surface area (Å²) in [6.07, 6.45) is 8.61. The Hall–Kier alpha value is -1.84. The van der Waals surface area contributed by atoms with Gasteiger partial charge < -0.3 is 0 Å². The Morgan fingerprint density at radius 2 is 1.67 bits per heavy atom. The first-order chi connectivity index (χ1) is 10.2. The molecular weight excluding hydrogens is 264 g/mol. The first kappa shape index (κ1) is 14.1. The lowest BCUT2D eigenvalue weighted by molar-refractivity contribution is -0.126. The van der Waals surface area contributed by atoms with Gasteiger partial charge in [0.1, 0.15) is 0 Å². The van der Waals surface area contributed by atoms with Crippen LogP contribution in [0.15, 0.2) is 18.2 Å². The zero-order valence-electron chi connectivity index (χ0n) is 12.3. The second-order valence-electron chi connectivity index (χ2n) is 6.12. The van der Waals surface area contributed by atoms with Crippen LogP contribution in [0.1, 0.15) is 60.0 Å². The minimum absolute atomic E-state index is 0.0517. The Balaban J connectivity index is 1.55. The van der Waals surface area contributed by atoms with Crippen molar-refractivity contribution in [2.24, 2.45) is 5.92 Å². The van der Waals surface area contributed by atoms with E-state index in [0.717, 1.165) is 38.5 Å². The molecule has 0 radical (unpaired) electrons. The number of hydrogen-bond donors (Lipinski definition) is 2. The summed E-state index contributed by atoms with van der Waals surface area (Å²) in [5.41, 5.74) is 8.36. The van der Waals surface area contributed by atoms with Crippen LogP contribution >= 0.6 is 0 Å². The minimum Gasteiger partial charge on any atom is -0.273 e. The molecule has 0 heterocycles. The van der Waals surface area contributed by atoms with Crippen molar-refractivity contribution in [1.82, 2.24) is 10.9 Å². The highest BCUT2D eigenvalue weighted by atomic mass is 16.2. The molecule has 2 N–H and O–H groups in total. The Kier molecular flexibility index (Phi) is 4.23. The molecule has 1 fully saturated rings. The van der Waals surface area contributed by atoms with Crippen LogP contribution in [0.3, 0.4) is 0 Å². The van der Waals surface area contributed by atoms with E-state index in [9.17, 15) is 9.59 Å². The van der Waals surface area contributed by atoms with Gasteiger partial charge in [-0.3, -0.25) is 20.4 Å². The highest BCUT2D eigenvalue weighted by Gasteiger charge is 2.21. The molecule has 2 amide bonds. The van der Waals surface area contributed by atoms with E-state index < -0.39 is 0 Å². The lowest BCUT2D eigenvalue weighted by atomic mass is 9.89. The van der Waals surface area contributed by atoms with Crippen LogP contribution in [0, 0.1) is 5.92 Å². The quantitative estimate of drug-likeness (QED) is 0.821. The number of nitrogens with one attached hydrogen (secondary N) is 2. The van der Waals surface area contributed by atoms with Crippen LogP contribution in [0.2, 0.25) is 0 Å². The van der Waals surface area contributed by atoms with Crippen molar-refractivity contribution < 1.29 is 9.59 Å². The van der Waals surface area contributed by atoms with E-state index >= 15 is 0 Å². The molecule has 1 aromatic rings. The topological polar surface area (TPSA) is 58.2 Å². The Labute approximate surface area is 125 Å². The van der Waals surface area contributed by atoms with Crippen LogP contribution in [-0.4, -0.2) is 11.8 Å². The maximum Gasteiger partial charge on any atom is 0.269 e. The average Bonchev–Trinajstić information content (AvgIpc) is 3.00. The monoisotopic (exact) mass is 286 g/mol. The fraction of sp³-hybridized carbons (Fsp3) is 0.529. The Bertz CT molecular complexity index is 548. The van der Waals surface area contributed by atoms with Gasteiger partial charge >= 0.3 is 0 Å². The Morgan fingerprint density at radius 1 is 0.905 bits per heavy atom. The number of fused-ring (bicyclic) bond motifs is 1. The molecule has 4 nitrogen and oxygen atoms in total. The second-order valence-corrected chi connectivity index (χ2v) is 6.12. The fourth-order valence-corrected chi connectivity index (χ4v) is 3.37.